The summed E-state index contributed by atoms with van der Waals surface area (Å²) < 4.78 is 4.90. The van der Waals surface area contributed by atoms with Crippen molar-refractivity contribution in [2.24, 2.45) is 0 Å². The van der Waals surface area contributed by atoms with Crippen LogP contribution in [-0.4, -0.2) is 36.5 Å². The number of nitrogens with zero attached hydrogens (tertiary/aromatic N) is 1. The third-order valence-corrected chi connectivity index (χ3v) is 2.90. The zero-order valence-electron chi connectivity index (χ0n) is 13.4. The molecule has 4 heteroatoms. The third kappa shape index (κ3) is 9.59. The number of esters is 1. The number of ether oxygens (including phenoxy) is 1. The van der Waals surface area contributed by atoms with E-state index >= 15 is 0 Å². The van der Waals surface area contributed by atoms with Crippen LogP contribution in [0.4, 0.5) is 0 Å². The van der Waals surface area contributed by atoms with Crippen molar-refractivity contribution in [3.63, 3.8) is 0 Å². The molecule has 0 unspecified atom stereocenters. The molecule has 0 bridgehead atoms. The summed E-state index contributed by atoms with van der Waals surface area (Å²) in [6.07, 6.45) is 6.36. The van der Waals surface area contributed by atoms with Gasteiger partial charge in [0.2, 0.25) is 5.91 Å². The summed E-state index contributed by atoms with van der Waals surface area (Å²) >= 11 is 0. The van der Waals surface area contributed by atoms with Gasteiger partial charge in [-0.15, -0.1) is 0 Å². The SMILES string of the molecule is CCCCCCN(CCC(=O)OCC)C(=O)C=C(C)C. The summed E-state index contributed by atoms with van der Waals surface area (Å²) in [4.78, 5) is 25.2. The number of amides is 1. The normalized spacial score (nSPS) is 10.0. The van der Waals surface area contributed by atoms with Gasteiger partial charge in [-0.05, 0) is 27.2 Å². The molecule has 0 aliphatic rings. The number of unbranched alkanes of at least 4 members (excludes halogenated alkanes) is 3. The lowest BCUT2D eigenvalue weighted by Gasteiger charge is -2.21. The molecule has 0 rings (SSSR count). The first kappa shape index (κ1) is 18.7. The highest BCUT2D eigenvalue weighted by atomic mass is 16.5. The van der Waals surface area contributed by atoms with Crippen molar-refractivity contribution >= 4 is 11.9 Å². The quantitative estimate of drug-likeness (QED) is 0.351. The fourth-order valence-electron chi connectivity index (χ4n) is 1.86. The molecule has 0 saturated carbocycles. The standard InChI is InChI=1S/C16H29NO3/c1-5-7-8-9-11-17(15(18)13-14(3)4)12-10-16(19)20-6-2/h13H,5-12H2,1-4H3. The van der Waals surface area contributed by atoms with E-state index in [4.69, 9.17) is 4.74 Å². The second-order valence-electron chi connectivity index (χ2n) is 5.16. The Labute approximate surface area is 123 Å². The monoisotopic (exact) mass is 283 g/mol. The van der Waals surface area contributed by atoms with Gasteiger partial charge in [0.15, 0.2) is 0 Å². The molecule has 116 valence electrons. The Morgan fingerprint density at radius 3 is 2.30 bits per heavy atom. The van der Waals surface area contributed by atoms with Crippen LogP contribution in [-0.2, 0) is 14.3 Å². The van der Waals surface area contributed by atoms with E-state index in [-0.39, 0.29) is 18.3 Å². The minimum absolute atomic E-state index is 0.00852. The molecule has 1 amide bonds. The molecular formula is C16H29NO3. The molecular weight excluding hydrogens is 254 g/mol. The molecule has 4 nitrogen and oxygen atoms in total. The first-order valence-corrected chi connectivity index (χ1v) is 7.60. The molecule has 0 fully saturated rings. The fourth-order valence-corrected chi connectivity index (χ4v) is 1.86. The number of hydrogen-bond donors (Lipinski definition) is 0. The predicted molar refractivity (Wildman–Crippen MR) is 81.4 cm³/mol. The van der Waals surface area contributed by atoms with Crippen LogP contribution in [0.3, 0.4) is 0 Å². The van der Waals surface area contributed by atoms with Crippen molar-refractivity contribution in [3.8, 4) is 0 Å². The van der Waals surface area contributed by atoms with E-state index in [0.29, 0.717) is 19.7 Å². The van der Waals surface area contributed by atoms with Crippen LogP contribution >= 0.6 is 0 Å². The lowest BCUT2D eigenvalue weighted by Crippen LogP contribution is -2.33. The lowest BCUT2D eigenvalue weighted by molar-refractivity contribution is -0.143. The average molecular weight is 283 g/mol. The highest BCUT2D eigenvalue weighted by molar-refractivity contribution is 5.88. The Morgan fingerprint density at radius 2 is 1.75 bits per heavy atom. The number of rotatable bonds is 10. The van der Waals surface area contributed by atoms with E-state index in [2.05, 4.69) is 6.92 Å². The zero-order chi connectivity index (χ0) is 15.4. The van der Waals surface area contributed by atoms with Gasteiger partial charge in [0.1, 0.15) is 0 Å². The van der Waals surface area contributed by atoms with E-state index in [9.17, 15) is 9.59 Å². The van der Waals surface area contributed by atoms with E-state index in [1.165, 1.54) is 12.8 Å². The maximum absolute atomic E-state index is 12.1. The highest BCUT2D eigenvalue weighted by Gasteiger charge is 2.13. The van der Waals surface area contributed by atoms with Crippen LogP contribution in [0.1, 0.15) is 59.8 Å². The Morgan fingerprint density at radius 1 is 1.05 bits per heavy atom. The average Bonchev–Trinajstić information content (AvgIpc) is 2.37. The molecule has 0 radical (unpaired) electrons. The van der Waals surface area contributed by atoms with Gasteiger partial charge in [0.05, 0.1) is 13.0 Å². The second kappa shape index (κ2) is 11.5. The van der Waals surface area contributed by atoms with Crippen LogP contribution in [0.2, 0.25) is 0 Å². The highest BCUT2D eigenvalue weighted by Crippen LogP contribution is 2.05. The number of allylic oxidation sites excluding steroid dienone is 1. The van der Waals surface area contributed by atoms with Gasteiger partial charge in [-0.1, -0.05) is 31.8 Å². The summed E-state index contributed by atoms with van der Waals surface area (Å²) in [6.45, 7) is 9.28. The summed E-state index contributed by atoms with van der Waals surface area (Å²) in [5.74, 6) is -0.248. The van der Waals surface area contributed by atoms with Crippen LogP contribution in [0.15, 0.2) is 11.6 Å². The van der Waals surface area contributed by atoms with E-state index in [0.717, 1.165) is 18.4 Å². The van der Waals surface area contributed by atoms with E-state index in [1.807, 2.05) is 13.8 Å². The van der Waals surface area contributed by atoms with Crippen molar-refractivity contribution in [2.45, 2.75) is 59.8 Å². The van der Waals surface area contributed by atoms with Crippen molar-refractivity contribution in [2.75, 3.05) is 19.7 Å². The largest absolute Gasteiger partial charge is 0.466 e. The predicted octanol–water partition coefficient (Wildman–Crippen LogP) is 3.31. The molecule has 0 aromatic heterocycles. The van der Waals surface area contributed by atoms with Crippen LogP contribution < -0.4 is 0 Å². The van der Waals surface area contributed by atoms with Gasteiger partial charge in [-0.25, -0.2) is 0 Å². The molecule has 20 heavy (non-hydrogen) atoms. The number of carbonyl (C=O) groups excluding carboxylic acids is 2. The molecule has 0 spiro atoms. The van der Waals surface area contributed by atoms with Crippen molar-refractivity contribution in [1.82, 2.24) is 4.90 Å². The second-order valence-corrected chi connectivity index (χ2v) is 5.16. The molecule has 0 aromatic carbocycles. The first-order chi connectivity index (χ1) is 9.51. The van der Waals surface area contributed by atoms with E-state index in [1.54, 1.807) is 17.9 Å². The number of carbonyl (C=O) groups is 2. The Bertz CT molecular complexity index is 320. The minimum atomic E-state index is -0.240. The van der Waals surface area contributed by atoms with Gasteiger partial charge in [-0.2, -0.15) is 0 Å². The molecule has 0 N–H and O–H groups in total. The third-order valence-electron chi connectivity index (χ3n) is 2.90. The van der Waals surface area contributed by atoms with Gasteiger partial charge >= 0.3 is 5.97 Å². The maximum atomic E-state index is 12.1. The summed E-state index contributed by atoms with van der Waals surface area (Å²) in [5, 5.41) is 0. The molecule has 0 aromatic rings. The molecule has 0 aliphatic heterocycles. The van der Waals surface area contributed by atoms with Gasteiger partial charge < -0.3 is 9.64 Å². The zero-order valence-corrected chi connectivity index (χ0v) is 13.4. The van der Waals surface area contributed by atoms with Gasteiger partial charge in [0.25, 0.3) is 0 Å². The topological polar surface area (TPSA) is 46.6 Å². The van der Waals surface area contributed by atoms with Crippen molar-refractivity contribution in [3.05, 3.63) is 11.6 Å². The molecule has 0 aliphatic carbocycles. The van der Waals surface area contributed by atoms with Crippen LogP contribution in [0.5, 0.6) is 0 Å². The maximum Gasteiger partial charge on any atom is 0.307 e. The Balaban J connectivity index is 4.34. The summed E-state index contributed by atoms with van der Waals surface area (Å²) in [6, 6.07) is 0. The van der Waals surface area contributed by atoms with E-state index < -0.39 is 0 Å². The van der Waals surface area contributed by atoms with Crippen LogP contribution in [0, 0.1) is 0 Å². The molecule has 0 atom stereocenters. The first-order valence-electron chi connectivity index (χ1n) is 7.60. The van der Waals surface area contributed by atoms with Crippen molar-refractivity contribution in [1.29, 1.82) is 0 Å². The van der Waals surface area contributed by atoms with Crippen molar-refractivity contribution < 1.29 is 14.3 Å². The number of hydrogen-bond acceptors (Lipinski definition) is 3. The molecule has 0 saturated heterocycles. The lowest BCUT2D eigenvalue weighted by atomic mass is 10.2. The van der Waals surface area contributed by atoms with Gasteiger partial charge in [-0.3, -0.25) is 9.59 Å². The Kier molecular flexibility index (Phi) is 10.7. The van der Waals surface area contributed by atoms with Gasteiger partial charge in [0, 0.05) is 19.2 Å². The molecule has 0 heterocycles. The Hall–Kier alpha value is -1.32. The fraction of sp³-hybridized carbons (Fsp3) is 0.750. The smallest absolute Gasteiger partial charge is 0.307 e. The van der Waals surface area contributed by atoms with Crippen LogP contribution in [0.25, 0.3) is 0 Å². The summed E-state index contributed by atoms with van der Waals surface area (Å²) in [7, 11) is 0. The summed E-state index contributed by atoms with van der Waals surface area (Å²) in [5.41, 5.74) is 0.977. The minimum Gasteiger partial charge on any atom is -0.466 e.